The van der Waals surface area contributed by atoms with E-state index >= 15 is 0 Å². The van der Waals surface area contributed by atoms with Gasteiger partial charge in [0.25, 0.3) is 5.56 Å². The van der Waals surface area contributed by atoms with E-state index in [2.05, 4.69) is 5.10 Å². The minimum Gasteiger partial charge on any atom is -0.288 e. The van der Waals surface area contributed by atoms with Crippen molar-refractivity contribution in [3.05, 3.63) is 52.8 Å². The summed E-state index contributed by atoms with van der Waals surface area (Å²) in [5.41, 5.74) is 1.73. The number of rotatable bonds is 3. The third kappa shape index (κ3) is 2.49. The molecule has 0 radical (unpaired) electrons. The topological polar surface area (TPSA) is 38.1 Å². The summed E-state index contributed by atoms with van der Waals surface area (Å²) in [5.74, 6) is 0. The second-order valence-electron chi connectivity index (χ2n) is 4.46. The molecule has 18 heavy (non-hydrogen) atoms. The lowest BCUT2D eigenvalue weighted by molar-refractivity contribution is 0.213. The fourth-order valence-electron chi connectivity index (χ4n) is 1.67. The first-order valence-electron chi connectivity index (χ1n) is 5.91. The Bertz CT molecular complexity index is 575. The van der Waals surface area contributed by atoms with Crippen molar-refractivity contribution in [1.29, 1.82) is 0 Å². The molecular formula is C14H17N3O. The molecule has 0 aliphatic heterocycles. The normalized spacial score (nSPS) is 12.7. The van der Waals surface area contributed by atoms with E-state index < -0.39 is 0 Å². The highest BCUT2D eigenvalue weighted by atomic mass is 16.1. The predicted octanol–water partition coefficient (Wildman–Crippen LogP) is 1.99. The lowest BCUT2D eigenvalue weighted by atomic mass is 10.1. The number of benzene rings is 1. The van der Waals surface area contributed by atoms with Gasteiger partial charge in [-0.2, -0.15) is 5.10 Å². The molecular weight excluding hydrogens is 226 g/mol. The highest BCUT2D eigenvalue weighted by Gasteiger charge is 2.11. The van der Waals surface area contributed by atoms with Gasteiger partial charge in [-0.3, -0.25) is 9.69 Å². The molecule has 0 bridgehead atoms. The van der Waals surface area contributed by atoms with Crippen molar-refractivity contribution in [2.24, 2.45) is 0 Å². The minimum atomic E-state index is -0.0871. The van der Waals surface area contributed by atoms with Gasteiger partial charge in [-0.25, -0.2) is 4.68 Å². The van der Waals surface area contributed by atoms with Gasteiger partial charge in [-0.05, 0) is 27.1 Å². The Morgan fingerprint density at radius 2 is 1.78 bits per heavy atom. The third-order valence-corrected chi connectivity index (χ3v) is 3.00. The number of nitrogens with zero attached hydrogens (tertiary/aromatic N) is 3. The van der Waals surface area contributed by atoms with Crippen LogP contribution >= 0.6 is 0 Å². The van der Waals surface area contributed by atoms with Crippen molar-refractivity contribution >= 4 is 0 Å². The van der Waals surface area contributed by atoms with Gasteiger partial charge in [0.1, 0.15) is 6.17 Å². The molecule has 0 amide bonds. The molecule has 4 nitrogen and oxygen atoms in total. The summed E-state index contributed by atoms with van der Waals surface area (Å²) in [6, 6.07) is 13.2. The molecule has 94 valence electrons. The van der Waals surface area contributed by atoms with Crippen LogP contribution < -0.4 is 5.56 Å². The zero-order valence-corrected chi connectivity index (χ0v) is 10.9. The van der Waals surface area contributed by atoms with Crippen LogP contribution in [0.5, 0.6) is 0 Å². The smallest absolute Gasteiger partial charge is 0.268 e. The predicted molar refractivity (Wildman–Crippen MR) is 72.3 cm³/mol. The maximum Gasteiger partial charge on any atom is 0.268 e. The van der Waals surface area contributed by atoms with Crippen molar-refractivity contribution in [3.63, 3.8) is 0 Å². The average Bonchev–Trinajstić information content (AvgIpc) is 2.39. The van der Waals surface area contributed by atoms with Crippen LogP contribution in [0, 0.1) is 0 Å². The zero-order valence-electron chi connectivity index (χ0n) is 10.9. The van der Waals surface area contributed by atoms with Gasteiger partial charge in [0.2, 0.25) is 0 Å². The van der Waals surface area contributed by atoms with Crippen molar-refractivity contribution in [1.82, 2.24) is 14.7 Å². The maximum absolute atomic E-state index is 11.8. The molecule has 1 aromatic carbocycles. The molecule has 2 aromatic rings. The van der Waals surface area contributed by atoms with E-state index in [4.69, 9.17) is 0 Å². The van der Waals surface area contributed by atoms with E-state index in [0.29, 0.717) is 0 Å². The van der Waals surface area contributed by atoms with Crippen LogP contribution in [0.15, 0.2) is 47.3 Å². The Hall–Kier alpha value is -1.94. The van der Waals surface area contributed by atoms with Crippen LogP contribution in [0.25, 0.3) is 11.3 Å². The molecule has 1 atom stereocenters. The molecule has 1 aromatic heterocycles. The van der Waals surface area contributed by atoms with Crippen LogP contribution in [0.1, 0.15) is 13.1 Å². The molecule has 0 spiro atoms. The summed E-state index contributed by atoms with van der Waals surface area (Å²) >= 11 is 0. The van der Waals surface area contributed by atoms with Gasteiger partial charge in [0.05, 0.1) is 5.69 Å². The minimum absolute atomic E-state index is 0.0684. The molecule has 0 N–H and O–H groups in total. The molecule has 1 unspecified atom stereocenters. The first-order valence-corrected chi connectivity index (χ1v) is 5.91. The highest BCUT2D eigenvalue weighted by Crippen LogP contribution is 2.15. The zero-order chi connectivity index (χ0) is 13.1. The quantitative estimate of drug-likeness (QED) is 0.827. The number of hydrogen-bond donors (Lipinski definition) is 0. The molecule has 0 fully saturated rings. The van der Waals surface area contributed by atoms with Crippen LogP contribution in [0.2, 0.25) is 0 Å². The van der Waals surface area contributed by atoms with E-state index in [1.54, 1.807) is 12.1 Å². The van der Waals surface area contributed by atoms with Gasteiger partial charge < -0.3 is 0 Å². The Kier molecular flexibility index (Phi) is 3.58. The number of aromatic nitrogens is 2. The summed E-state index contributed by atoms with van der Waals surface area (Å²) in [7, 11) is 3.85. The monoisotopic (exact) mass is 243 g/mol. The third-order valence-electron chi connectivity index (χ3n) is 3.00. The summed E-state index contributed by atoms with van der Waals surface area (Å²) < 4.78 is 1.50. The van der Waals surface area contributed by atoms with Crippen molar-refractivity contribution in [2.45, 2.75) is 13.1 Å². The molecule has 0 saturated heterocycles. The largest absolute Gasteiger partial charge is 0.288 e. The Morgan fingerprint density at radius 1 is 1.11 bits per heavy atom. The molecule has 0 aliphatic rings. The van der Waals surface area contributed by atoms with E-state index in [1.165, 1.54) is 4.68 Å². The van der Waals surface area contributed by atoms with E-state index in [0.717, 1.165) is 11.3 Å². The van der Waals surface area contributed by atoms with E-state index in [1.807, 2.05) is 56.3 Å². The first-order chi connectivity index (χ1) is 8.59. The van der Waals surface area contributed by atoms with Gasteiger partial charge in [-0.15, -0.1) is 0 Å². The SMILES string of the molecule is CC(N(C)C)n1nc(-c2ccccc2)ccc1=O. The number of hydrogen-bond acceptors (Lipinski definition) is 3. The van der Waals surface area contributed by atoms with Gasteiger partial charge >= 0.3 is 0 Å². The van der Waals surface area contributed by atoms with Gasteiger partial charge in [-0.1, -0.05) is 30.3 Å². The van der Waals surface area contributed by atoms with Crippen molar-refractivity contribution < 1.29 is 0 Å². The second kappa shape index (κ2) is 5.14. The average molecular weight is 243 g/mol. The van der Waals surface area contributed by atoms with Crippen molar-refractivity contribution in [3.8, 4) is 11.3 Å². The van der Waals surface area contributed by atoms with E-state index in [9.17, 15) is 4.79 Å². The van der Waals surface area contributed by atoms with E-state index in [-0.39, 0.29) is 11.7 Å². The fourth-order valence-corrected chi connectivity index (χ4v) is 1.67. The molecule has 0 saturated carbocycles. The van der Waals surface area contributed by atoms with Crippen LogP contribution in [-0.2, 0) is 0 Å². The molecule has 0 aliphatic carbocycles. The summed E-state index contributed by atoms with van der Waals surface area (Å²) in [5, 5.41) is 4.43. The fraction of sp³-hybridized carbons (Fsp3) is 0.286. The Labute approximate surface area is 106 Å². The standard InChI is InChI=1S/C14H17N3O/c1-11(16(2)3)17-14(18)10-9-13(15-17)12-7-5-4-6-8-12/h4-11H,1-3H3. The summed E-state index contributed by atoms with van der Waals surface area (Å²) in [6.45, 7) is 1.95. The Balaban J connectivity index is 2.48. The summed E-state index contributed by atoms with van der Waals surface area (Å²) in [6.07, 6.45) is -0.0684. The van der Waals surface area contributed by atoms with Crippen molar-refractivity contribution in [2.75, 3.05) is 14.1 Å². The van der Waals surface area contributed by atoms with Gasteiger partial charge in [0.15, 0.2) is 0 Å². The van der Waals surface area contributed by atoms with Crippen LogP contribution in [0.3, 0.4) is 0 Å². The van der Waals surface area contributed by atoms with Gasteiger partial charge in [0, 0.05) is 11.6 Å². The lowest BCUT2D eigenvalue weighted by Gasteiger charge is -2.21. The molecule has 1 heterocycles. The molecule has 4 heteroatoms. The Morgan fingerprint density at radius 3 is 2.39 bits per heavy atom. The highest BCUT2D eigenvalue weighted by molar-refractivity contribution is 5.57. The second-order valence-corrected chi connectivity index (χ2v) is 4.46. The lowest BCUT2D eigenvalue weighted by Crippen LogP contribution is -2.33. The first kappa shape index (κ1) is 12.5. The maximum atomic E-state index is 11.8. The summed E-state index contributed by atoms with van der Waals surface area (Å²) in [4.78, 5) is 13.8. The van der Waals surface area contributed by atoms with Crippen LogP contribution in [0.4, 0.5) is 0 Å². The van der Waals surface area contributed by atoms with Crippen LogP contribution in [-0.4, -0.2) is 28.8 Å². The molecule has 2 rings (SSSR count).